The highest BCUT2D eigenvalue weighted by Crippen LogP contribution is 2.20. The predicted octanol–water partition coefficient (Wildman–Crippen LogP) is 1.57. The van der Waals surface area contributed by atoms with E-state index in [0.29, 0.717) is 5.69 Å². The molecule has 1 N–H and O–H groups in total. The topological polar surface area (TPSA) is 114 Å². The molecule has 126 valence electrons. The number of carbonyl (C=O) groups is 1. The highest BCUT2D eigenvalue weighted by atomic mass is 19.1. The van der Waals surface area contributed by atoms with Gasteiger partial charge in [0.15, 0.2) is 5.82 Å². The molecule has 0 atom stereocenters. The Balaban J connectivity index is 1.71. The fourth-order valence-corrected chi connectivity index (χ4v) is 2.32. The summed E-state index contributed by atoms with van der Waals surface area (Å²) in [6, 6.07) is 9.07. The summed E-state index contributed by atoms with van der Waals surface area (Å²) in [5, 5.41) is 19.9. The van der Waals surface area contributed by atoms with Gasteiger partial charge in [-0.1, -0.05) is 0 Å². The van der Waals surface area contributed by atoms with E-state index in [4.69, 9.17) is 0 Å². The van der Waals surface area contributed by atoms with Crippen molar-refractivity contribution in [1.29, 1.82) is 5.26 Å². The van der Waals surface area contributed by atoms with Gasteiger partial charge in [-0.2, -0.15) is 15.3 Å². The summed E-state index contributed by atoms with van der Waals surface area (Å²) in [6.45, 7) is 0. The molecule has 3 aromatic heterocycles. The zero-order valence-electron chi connectivity index (χ0n) is 13.0. The molecule has 0 saturated carbocycles. The summed E-state index contributed by atoms with van der Waals surface area (Å²) < 4.78 is 15.8. The molecular formula is C16H9FN8O. The lowest BCUT2D eigenvalue weighted by Gasteiger charge is -2.08. The van der Waals surface area contributed by atoms with E-state index in [1.54, 1.807) is 12.3 Å². The van der Waals surface area contributed by atoms with Crippen LogP contribution >= 0.6 is 0 Å². The van der Waals surface area contributed by atoms with Gasteiger partial charge in [-0.3, -0.25) is 4.79 Å². The second-order valence-electron chi connectivity index (χ2n) is 5.16. The molecular weight excluding hydrogens is 339 g/mol. The smallest absolute Gasteiger partial charge is 0.296 e. The zero-order valence-corrected chi connectivity index (χ0v) is 13.0. The molecule has 3 heterocycles. The molecule has 0 aliphatic carbocycles. The van der Waals surface area contributed by atoms with Crippen molar-refractivity contribution in [3.8, 4) is 11.8 Å². The lowest BCUT2D eigenvalue weighted by atomic mass is 10.3. The minimum atomic E-state index is -0.629. The van der Waals surface area contributed by atoms with E-state index in [0.717, 1.165) is 0 Å². The Bertz CT molecular complexity index is 1120. The Morgan fingerprint density at radius 2 is 2.08 bits per heavy atom. The number of nitrogens with zero attached hydrogens (tertiary/aromatic N) is 7. The molecule has 0 unspecified atom stereocenters. The average molecular weight is 348 g/mol. The molecule has 0 radical (unpaired) electrons. The van der Waals surface area contributed by atoms with Crippen LogP contribution in [0.2, 0.25) is 0 Å². The summed E-state index contributed by atoms with van der Waals surface area (Å²) >= 11 is 0. The van der Waals surface area contributed by atoms with Crippen LogP contribution < -0.4 is 5.32 Å². The standard InChI is InChI=1S/C16H9FN8O/c17-11-2-4-12(5-3-11)25-14(10(8-18)9-20-25)22-15(26)13-21-16-19-6-1-7-24(16)23-13/h1-7,9H,(H,22,26). The fraction of sp³-hybridized carbons (Fsp3) is 0. The van der Waals surface area contributed by atoms with E-state index in [1.165, 1.54) is 45.9 Å². The van der Waals surface area contributed by atoms with E-state index in [-0.39, 0.29) is 23.0 Å². The quantitative estimate of drug-likeness (QED) is 0.601. The third kappa shape index (κ3) is 2.63. The first-order valence-corrected chi connectivity index (χ1v) is 7.38. The molecule has 26 heavy (non-hydrogen) atoms. The Kier molecular flexibility index (Phi) is 3.59. The molecule has 0 aliphatic rings. The van der Waals surface area contributed by atoms with E-state index >= 15 is 0 Å². The maximum atomic E-state index is 13.1. The second kappa shape index (κ2) is 6.06. The van der Waals surface area contributed by atoms with Crippen molar-refractivity contribution in [1.82, 2.24) is 29.4 Å². The molecule has 1 aromatic carbocycles. The van der Waals surface area contributed by atoms with Crippen molar-refractivity contribution in [3.05, 3.63) is 66.1 Å². The normalized spacial score (nSPS) is 10.6. The van der Waals surface area contributed by atoms with Crippen molar-refractivity contribution >= 4 is 17.5 Å². The Hall–Kier alpha value is -4.13. The molecule has 0 saturated heterocycles. The van der Waals surface area contributed by atoms with Crippen molar-refractivity contribution in [2.45, 2.75) is 0 Å². The largest absolute Gasteiger partial charge is 0.303 e. The van der Waals surface area contributed by atoms with E-state index in [9.17, 15) is 14.4 Å². The zero-order chi connectivity index (χ0) is 18.1. The van der Waals surface area contributed by atoms with Crippen molar-refractivity contribution in [2.75, 3.05) is 5.32 Å². The first-order chi connectivity index (χ1) is 12.7. The van der Waals surface area contributed by atoms with Crippen LogP contribution in [0, 0.1) is 17.1 Å². The summed E-state index contributed by atoms with van der Waals surface area (Å²) in [6.07, 6.45) is 4.44. The Labute approximate surface area is 145 Å². The van der Waals surface area contributed by atoms with Crippen LogP contribution in [0.15, 0.2) is 48.9 Å². The maximum absolute atomic E-state index is 13.1. The molecule has 0 spiro atoms. The number of anilines is 1. The number of nitriles is 1. The van der Waals surface area contributed by atoms with Gasteiger partial charge < -0.3 is 5.32 Å². The van der Waals surface area contributed by atoms with Crippen LogP contribution in [0.25, 0.3) is 11.5 Å². The Morgan fingerprint density at radius 1 is 1.27 bits per heavy atom. The second-order valence-corrected chi connectivity index (χ2v) is 5.16. The number of hydrogen-bond acceptors (Lipinski definition) is 6. The van der Waals surface area contributed by atoms with Crippen LogP contribution in [-0.4, -0.2) is 35.3 Å². The molecule has 10 heteroatoms. The van der Waals surface area contributed by atoms with Crippen molar-refractivity contribution in [2.24, 2.45) is 0 Å². The first-order valence-electron chi connectivity index (χ1n) is 7.38. The first kappa shape index (κ1) is 15.4. The van der Waals surface area contributed by atoms with E-state index < -0.39 is 11.7 Å². The van der Waals surface area contributed by atoms with Crippen LogP contribution in [0.3, 0.4) is 0 Å². The van der Waals surface area contributed by atoms with Gasteiger partial charge in [0, 0.05) is 12.4 Å². The molecule has 0 fully saturated rings. The number of fused-ring (bicyclic) bond motifs is 1. The highest BCUT2D eigenvalue weighted by Gasteiger charge is 2.19. The number of halogens is 1. The number of nitrogens with one attached hydrogen (secondary N) is 1. The van der Waals surface area contributed by atoms with Crippen molar-refractivity contribution in [3.63, 3.8) is 0 Å². The summed E-state index contributed by atoms with van der Waals surface area (Å²) in [7, 11) is 0. The molecule has 0 aliphatic heterocycles. The third-order valence-corrected chi connectivity index (χ3v) is 3.51. The number of aromatic nitrogens is 6. The number of amides is 1. The average Bonchev–Trinajstić information content (AvgIpc) is 3.26. The lowest BCUT2D eigenvalue weighted by molar-refractivity contribution is 0.101. The molecule has 0 bridgehead atoms. The predicted molar refractivity (Wildman–Crippen MR) is 87.0 cm³/mol. The highest BCUT2D eigenvalue weighted by molar-refractivity contribution is 6.02. The number of hydrogen-bond donors (Lipinski definition) is 1. The van der Waals surface area contributed by atoms with Gasteiger partial charge in [-0.25, -0.2) is 18.6 Å². The maximum Gasteiger partial charge on any atom is 0.296 e. The van der Waals surface area contributed by atoms with Gasteiger partial charge in [0.2, 0.25) is 5.82 Å². The van der Waals surface area contributed by atoms with Crippen LogP contribution in [0.1, 0.15) is 16.2 Å². The molecule has 9 nitrogen and oxygen atoms in total. The van der Waals surface area contributed by atoms with Gasteiger partial charge in [-0.05, 0) is 30.3 Å². The fourth-order valence-electron chi connectivity index (χ4n) is 2.32. The minimum absolute atomic E-state index is 0.112. The van der Waals surface area contributed by atoms with Crippen LogP contribution in [0.4, 0.5) is 10.2 Å². The van der Waals surface area contributed by atoms with Gasteiger partial charge in [0.25, 0.3) is 11.7 Å². The van der Waals surface area contributed by atoms with Gasteiger partial charge in [0.1, 0.15) is 17.4 Å². The number of benzene rings is 1. The summed E-state index contributed by atoms with van der Waals surface area (Å²) in [5.74, 6) is -0.746. The third-order valence-electron chi connectivity index (χ3n) is 3.51. The number of rotatable bonds is 3. The minimum Gasteiger partial charge on any atom is -0.303 e. The molecule has 4 aromatic rings. The summed E-state index contributed by atoms with van der Waals surface area (Å²) in [4.78, 5) is 20.5. The van der Waals surface area contributed by atoms with Gasteiger partial charge >= 0.3 is 0 Å². The van der Waals surface area contributed by atoms with E-state index in [1.807, 2.05) is 6.07 Å². The summed E-state index contributed by atoms with van der Waals surface area (Å²) in [5.41, 5.74) is 0.623. The number of carbonyl (C=O) groups excluding carboxylic acids is 1. The lowest BCUT2D eigenvalue weighted by Crippen LogP contribution is -2.17. The van der Waals surface area contributed by atoms with Crippen molar-refractivity contribution < 1.29 is 9.18 Å². The monoisotopic (exact) mass is 348 g/mol. The van der Waals surface area contributed by atoms with Crippen LogP contribution in [0.5, 0.6) is 0 Å². The van der Waals surface area contributed by atoms with Gasteiger partial charge in [0.05, 0.1) is 11.9 Å². The molecule has 4 rings (SSSR count). The van der Waals surface area contributed by atoms with Gasteiger partial charge in [-0.15, -0.1) is 5.10 Å². The van der Waals surface area contributed by atoms with Crippen LogP contribution in [-0.2, 0) is 0 Å². The Morgan fingerprint density at radius 3 is 2.81 bits per heavy atom. The molecule has 1 amide bonds. The SMILES string of the molecule is N#Cc1cnn(-c2ccc(F)cc2)c1NC(=O)c1nc2ncccn2n1. The van der Waals surface area contributed by atoms with E-state index in [2.05, 4.69) is 25.5 Å².